The summed E-state index contributed by atoms with van der Waals surface area (Å²) >= 11 is 0. The molecule has 2 N–H and O–H groups in total. The van der Waals surface area contributed by atoms with Crippen LogP contribution in [0.1, 0.15) is 18.5 Å². The number of methoxy groups -OCH3 is 2. The van der Waals surface area contributed by atoms with E-state index in [1.54, 1.807) is 49.4 Å². The van der Waals surface area contributed by atoms with Gasteiger partial charge in [0.2, 0.25) is 5.95 Å². The molecule has 0 aliphatic carbocycles. The summed E-state index contributed by atoms with van der Waals surface area (Å²) in [5.41, 5.74) is 1.86. The number of fused-ring (bicyclic) bond motifs is 1. The molecule has 29 heavy (non-hydrogen) atoms. The number of rotatable bonds is 5. The smallest absolute Gasteiger partial charge is 0.257 e. The third kappa shape index (κ3) is 3.27. The molecule has 0 bridgehead atoms. The average molecular weight is 392 g/mol. The Bertz CT molecular complexity index is 1080. The number of hydrogen-bond donors (Lipinski definition) is 2. The van der Waals surface area contributed by atoms with E-state index in [1.165, 1.54) is 6.33 Å². The zero-order valence-corrected chi connectivity index (χ0v) is 16.2. The summed E-state index contributed by atoms with van der Waals surface area (Å²) in [6, 6.07) is 10.3. The maximum Gasteiger partial charge on any atom is 0.257 e. The molecular formula is C20H20N6O3. The molecule has 4 rings (SSSR count). The summed E-state index contributed by atoms with van der Waals surface area (Å²) in [4.78, 5) is 21.7. The topological polar surface area (TPSA) is 103 Å². The molecule has 1 aliphatic heterocycles. The van der Waals surface area contributed by atoms with Crippen molar-refractivity contribution in [1.82, 2.24) is 19.7 Å². The maximum absolute atomic E-state index is 13.3. The number of pyridine rings is 1. The van der Waals surface area contributed by atoms with Gasteiger partial charge >= 0.3 is 0 Å². The lowest BCUT2D eigenvalue weighted by atomic mass is 9.94. The quantitative estimate of drug-likeness (QED) is 0.688. The van der Waals surface area contributed by atoms with Crippen LogP contribution in [-0.2, 0) is 4.79 Å². The molecule has 1 atom stereocenters. The average Bonchev–Trinajstić information content (AvgIpc) is 3.20. The Balaban J connectivity index is 1.84. The molecule has 9 nitrogen and oxygen atoms in total. The van der Waals surface area contributed by atoms with Gasteiger partial charge < -0.3 is 20.1 Å². The van der Waals surface area contributed by atoms with Crippen LogP contribution < -0.4 is 20.1 Å². The fraction of sp³-hybridized carbons (Fsp3) is 0.200. The number of hydrogen-bond acceptors (Lipinski definition) is 7. The van der Waals surface area contributed by atoms with Gasteiger partial charge in [0.15, 0.2) is 11.5 Å². The summed E-state index contributed by atoms with van der Waals surface area (Å²) < 4.78 is 12.7. The first-order valence-electron chi connectivity index (χ1n) is 8.94. The molecule has 1 amide bonds. The second kappa shape index (κ2) is 7.63. The van der Waals surface area contributed by atoms with Gasteiger partial charge in [-0.05, 0) is 25.1 Å². The van der Waals surface area contributed by atoms with Gasteiger partial charge in [0, 0.05) is 17.5 Å². The molecule has 0 unspecified atom stereocenters. The van der Waals surface area contributed by atoms with Crippen molar-refractivity contribution in [3.05, 3.63) is 65.8 Å². The van der Waals surface area contributed by atoms with Crippen molar-refractivity contribution in [2.45, 2.75) is 13.0 Å². The molecule has 3 aromatic rings. The monoisotopic (exact) mass is 392 g/mol. The highest BCUT2D eigenvalue weighted by atomic mass is 16.5. The summed E-state index contributed by atoms with van der Waals surface area (Å²) in [7, 11) is 3.13. The number of ether oxygens (including phenoxy) is 2. The second-order valence-electron chi connectivity index (χ2n) is 6.35. The summed E-state index contributed by atoms with van der Waals surface area (Å²) in [5.74, 6) is 1.78. The number of nitrogens with one attached hydrogen (secondary N) is 2. The third-order valence-electron chi connectivity index (χ3n) is 4.67. The first-order valence-corrected chi connectivity index (χ1v) is 8.94. The van der Waals surface area contributed by atoms with Crippen molar-refractivity contribution >= 4 is 17.7 Å². The highest BCUT2D eigenvalue weighted by Crippen LogP contribution is 2.42. The molecule has 3 heterocycles. The molecule has 0 saturated carbocycles. The van der Waals surface area contributed by atoms with Gasteiger partial charge in [0.25, 0.3) is 5.91 Å². The van der Waals surface area contributed by atoms with Gasteiger partial charge in [0.1, 0.15) is 18.2 Å². The predicted octanol–water partition coefficient (Wildman–Crippen LogP) is 2.62. The maximum atomic E-state index is 13.3. The molecule has 9 heteroatoms. The van der Waals surface area contributed by atoms with E-state index in [4.69, 9.17) is 9.47 Å². The summed E-state index contributed by atoms with van der Waals surface area (Å²) in [6.45, 7) is 1.82. The van der Waals surface area contributed by atoms with Crippen LogP contribution in [0.2, 0.25) is 0 Å². The molecule has 2 aromatic heterocycles. The first-order chi connectivity index (χ1) is 14.1. The lowest BCUT2D eigenvalue weighted by Crippen LogP contribution is -2.32. The van der Waals surface area contributed by atoms with E-state index in [2.05, 4.69) is 25.7 Å². The minimum atomic E-state index is -0.567. The van der Waals surface area contributed by atoms with Gasteiger partial charge in [-0.1, -0.05) is 18.2 Å². The van der Waals surface area contributed by atoms with E-state index in [-0.39, 0.29) is 5.91 Å². The minimum Gasteiger partial charge on any atom is -0.493 e. The highest BCUT2D eigenvalue weighted by Gasteiger charge is 2.36. The van der Waals surface area contributed by atoms with Crippen molar-refractivity contribution in [3.8, 4) is 11.5 Å². The SMILES string of the molecule is COc1cccc([C@@H]2C(C(=O)Nc3ccccn3)=C(C)Nc3ncnn32)c1OC. The minimum absolute atomic E-state index is 0.301. The van der Waals surface area contributed by atoms with E-state index in [0.717, 1.165) is 5.56 Å². The fourth-order valence-electron chi connectivity index (χ4n) is 3.42. The molecule has 0 spiro atoms. The second-order valence-corrected chi connectivity index (χ2v) is 6.35. The Morgan fingerprint density at radius 1 is 1.14 bits per heavy atom. The van der Waals surface area contributed by atoms with Crippen LogP contribution in [-0.4, -0.2) is 39.9 Å². The lowest BCUT2D eigenvalue weighted by molar-refractivity contribution is -0.113. The fourth-order valence-corrected chi connectivity index (χ4v) is 3.42. The van der Waals surface area contributed by atoms with E-state index in [1.807, 2.05) is 19.1 Å². The number of nitrogens with zero attached hydrogens (tertiary/aromatic N) is 4. The molecule has 0 fully saturated rings. The van der Waals surface area contributed by atoms with Crippen molar-refractivity contribution in [2.24, 2.45) is 0 Å². The number of para-hydroxylation sites is 1. The molecule has 148 valence electrons. The lowest BCUT2D eigenvalue weighted by Gasteiger charge is -2.29. The normalized spacial score (nSPS) is 15.3. The van der Waals surface area contributed by atoms with E-state index in [0.29, 0.717) is 34.5 Å². The number of carbonyl (C=O) groups excluding carboxylic acids is 1. The van der Waals surface area contributed by atoms with Crippen LogP contribution in [0.4, 0.5) is 11.8 Å². The molecule has 1 aromatic carbocycles. The number of benzene rings is 1. The van der Waals surface area contributed by atoms with Crippen molar-refractivity contribution in [1.29, 1.82) is 0 Å². The van der Waals surface area contributed by atoms with Crippen LogP contribution in [0, 0.1) is 0 Å². The van der Waals surface area contributed by atoms with Crippen LogP contribution >= 0.6 is 0 Å². The number of allylic oxidation sites excluding steroid dienone is 1. The van der Waals surface area contributed by atoms with Crippen molar-refractivity contribution in [3.63, 3.8) is 0 Å². The zero-order valence-electron chi connectivity index (χ0n) is 16.2. The highest BCUT2D eigenvalue weighted by molar-refractivity contribution is 6.05. The Labute approximate surface area is 167 Å². The standard InChI is InChI=1S/C20H20N6O3/c1-12-16(19(27)25-15-9-4-5-10-21-15)17(26-20(24-12)22-11-23-26)13-7-6-8-14(28-2)18(13)29-3/h4-11,17H,1-3H3,(H,21,25,27)(H,22,23,24)/t17-/m1/s1. The van der Waals surface area contributed by atoms with E-state index < -0.39 is 6.04 Å². The first kappa shape index (κ1) is 18.5. The summed E-state index contributed by atoms with van der Waals surface area (Å²) in [5, 5.41) is 10.3. The van der Waals surface area contributed by atoms with Gasteiger partial charge in [0.05, 0.1) is 19.8 Å². The Kier molecular flexibility index (Phi) is 4.86. The van der Waals surface area contributed by atoms with Gasteiger partial charge in [-0.25, -0.2) is 9.67 Å². The number of carbonyl (C=O) groups is 1. The van der Waals surface area contributed by atoms with Gasteiger partial charge in [-0.2, -0.15) is 10.1 Å². The van der Waals surface area contributed by atoms with Crippen LogP contribution in [0.15, 0.2) is 60.2 Å². The molecule has 1 aliphatic rings. The third-order valence-corrected chi connectivity index (χ3v) is 4.67. The van der Waals surface area contributed by atoms with Gasteiger partial charge in [-0.3, -0.25) is 4.79 Å². The number of amides is 1. The Hall–Kier alpha value is -3.88. The Morgan fingerprint density at radius 2 is 2.00 bits per heavy atom. The van der Waals surface area contributed by atoms with E-state index >= 15 is 0 Å². The predicted molar refractivity (Wildman–Crippen MR) is 107 cm³/mol. The molecule has 0 saturated heterocycles. The Morgan fingerprint density at radius 3 is 2.72 bits per heavy atom. The van der Waals surface area contributed by atoms with Crippen molar-refractivity contribution < 1.29 is 14.3 Å². The molecule has 0 radical (unpaired) electrons. The number of anilines is 2. The van der Waals surface area contributed by atoms with Gasteiger partial charge in [-0.15, -0.1) is 0 Å². The largest absolute Gasteiger partial charge is 0.493 e. The van der Waals surface area contributed by atoms with Crippen LogP contribution in [0.3, 0.4) is 0 Å². The van der Waals surface area contributed by atoms with Crippen LogP contribution in [0.5, 0.6) is 11.5 Å². The zero-order chi connectivity index (χ0) is 20.4. The van der Waals surface area contributed by atoms with Crippen LogP contribution in [0.25, 0.3) is 0 Å². The van der Waals surface area contributed by atoms with Crippen molar-refractivity contribution in [2.75, 3.05) is 24.9 Å². The van der Waals surface area contributed by atoms with E-state index in [9.17, 15) is 4.79 Å². The summed E-state index contributed by atoms with van der Waals surface area (Å²) in [6.07, 6.45) is 3.06. The molecular weight excluding hydrogens is 372 g/mol. The number of aromatic nitrogens is 4.